The molecule has 1 aromatic carbocycles. The number of alkyl halides is 1. The van der Waals surface area contributed by atoms with E-state index in [0.717, 1.165) is 20.0 Å². The molecule has 1 atom stereocenters. The summed E-state index contributed by atoms with van der Waals surface area (Å²) in [6.45, 7) is 0. The van der Waals surface area contributed by atoms with Crippen molar-refractivity contribution in [3.63, 3.8) is 0 Å². The molecule has 84 valence electrons. The van der Waals surface area contributed by atoms with Crippen LogP contribution >= 0.6 is 67.3 Å². The number of rotatable bonds is 4. The number of hydrogen-bond donors (Lipinski definition) is 1. The third kappa shape index (κ3) is 3.27. The van der Waals surface area contributed by atoms with Gasteiger partial charge in [-0.1, -0.05) is 63.4 Å². The van der Waals surface area contributed by atoms with Crippen molar-refractivity contribution < 1.29 is 4.55 Å². The Balaban J connectivity index is 3.16. The fourth-order valence-electron chi connectivity index (χ4n) is 1.15. The van der Waals surface area contributed by atoms with Gasteiger partial charge in [-0.15, -0.1) is 0 Å². The van der Waals surface area contributed by atoms with E-state index in [2.05, 4.69) is 75.7 Å². The van der Waals surface area contributed by atoms with Crippen LogP contribution in [0.2, 0.25) is 0 Å². The van der Waals surface area contributed by atoms with Crippen LogP contribution in [0.25, 0.3) is 0 Å². The normalized spacial score (nSPS) is 18.3. The van der Waals surface area contributed by atoms with Crippen molar-refractivity contribution in [1.82, 2.24) is 0 Å². The summed E-state index contributed by atoms with van der Waals surface area (Å²) in [6, 6.07) is 10.4. The average molecular weight is 466 g/mol. The van der Waals surface area contributed by atoms with E-state index in [1.165, 1.54) is 4.90 Å². The van der Waals surface area contributed by atoms with Crippen LogP contribution in [-0.4, -0.2) is 14.6 Å². The van der Waals surface area contributed by atoms with E-state index in [1.54, 1.807) is 0 Å². The van der Waals surface area contributed by atoms with Gasteiger partial charge in [0.1, 0.15) is 0 Å². The van der Waals surface area contributed by atoms with E-state index >= 15 is 0 Å². The fraction of sp³-hybridized carbons (Fsp3) is 0.200. The van der Waals surface area contributed by atoms with Crippen LogP contribution in [0, 0.1) is 0 Å². The highest BCUT2D eigenvalue weighted by atomic mass is 127. The third-order valence-electron chi connectivity index (χ3n) is 2.10. The predicted octanol–water partition coefficient (Wildman–Crippen LogP) is 5.31. The SMILES string of the molecule is CS(CI)(/C(=C/I)SO)c1ccccc1. The van der Waals surface area contributed by atoms with E-state index in [1.807, 2.05) is 10.1 Å². The number of benzene rings is 1. The lowest BCUT2D eigenvalue weighted by Crippen LogP contribution is -2.00. The lowest BCUT2D eigenvalue weighted by Gasteiger charge is -2.35. The Labute approximate surface area is 124 Å². The number of hydrogen-bond acceptors (Lipinski definition) is 2. The minimum atomic E-state index is -1.04. The van der Waals surface area contributed by atoms with Crippen LogP contribution in [0.4, 0.5) is 0 Å². The third-order valence-corrected chi connectivity index (χ3v) is 11.7. The molecule has 1 nitrogen and oxygen atoms in total. The van der Waals surface area contributed by atoms with E-state index in [9.17, 15) is 4.55 Å². The summed E-state index contributed by atoms with van der Waals surface area (Å²) in [7, 11) is -1.04. The van der Waals surface area contributed by atoms with Gasteiger partial charge < -0.3 is 4.55 Å². The van der Waals surface area contributed by atoms with Crippen molar-refractivity contribution in [1.29, 1.82) is 0 Å². The lowest BCUT2D eigenvalue weighted by atomic mass is 10.4. The summed E-state index contributed by atoms with van der Waals surface area (Å²) in [6.07, 6.45) is 2.24. The van der Waals surface area contributed by atoms with Crippen LogP contribution < -0.4 is 0 Å². The molecule has 0 aliphatic carbocycles. The molecule has 0 saturated carbocycles. The lowest BCUT2D eigenvalue weighted by molar-refractivity contribution is 0.670. The van der Waals surface area contributed by atoms with E-state index in [0.29, 0.717) is 0 Å². The maximum Gasteiger partial charge on any atom is 0.0614 e. The van der Waals surface area contributed by atoms with Gasteiger partial charge in [-0.05, 0) is 27.4 Å². The molecule has 0 saturated heterocycles. The van der Waals surface area contributed by atoms with Gasteiger partial charge in [0.05, 0.1) is 4.24 Å². The average Bonchev–Trinajstić information content (AvgIpc) is 2.31. The minimum Gasteiger partial charge on any atom is -0.325 e. The molecule has 0 aromatic heterocycles. The predicted molar refractivity (Wildman–Crippen MR) is 89.4 cm³/mol. The summed E-state index contributed by atoms with van der Waals surface area (Å²) in [5.41, 5.74) is 0. The summed E-state index contributed by atoms with van der Waals surface area (Å²) in [5.74, 6) is 0. The van der Waals surface area contributed by atoms with E-state index in [4.69, 9.17) is 0 Å². The molecule has 0 spiro atoms. The van der Waals surface area contributed by atoms with Crippen LogP contribution in [0.1, 0.15) is 0 Å². The zero-order valence-corrected chi connectivity index (χ0v) is 14.1. The first kappa shape index (κ1) is 14.1. The highest BCUT2D eigenvalue weighted by molar-refractivity contribution is 14.1. The van der Waals surface area contributed by atoms with Gasteiger partial charge in [0.2, 0.25) is 0 Å². The smallest absolute Gasteiger partial charge is 0.0614 e. The molecule has 0 aliphatic heterocycles. The molecule has 0 radical (unpaired) electrons. The monoisotopic (exact) mass is 466 g/mol. The highest BCUT2D eigenvalue weighted by Gasteiger charge is 2.24. The zero-order chi connectivity index (χ0) is 11.3. The first-order valence-corrected chi connectivity index (χ1v) is 9.93. The standard InChI is InChI=1S/C10H12I2OS2/c1-15(8-12,10(7-11)14-13)9-5-3-2-4-6-9/h2-7,13H,8H2,1H3/b10-7+. The van der Waals surface area contributed by atoms with Gasteiger partial charge >= 0.3 is 0 Å². The summed E-state index contributed by atoms with van der Waals surface area (Å²) in [5, 5.41) is 0. The quantitative estimate of drug-likeness (QED) is 0.369. The molecule has 0 heterocycles. The molecule has 0 aliphatic rings. The number of halogens is 2. The topological polar surface area (TPSA) is 20.2 Å². The molecular weight excluding hydrogens is 454 g/mol. The first-order chi connectivity index (χ1) is 7.19. The molecular formula is C10H12I2OS2. The van der Waals surface area contributed by atoms with E-state index < -0.39 is 10.0 Å². The molecule has 15 heavy (non-hydrogen) atoms. The van der Waals surface area contributed by atoms with Gasteiger partial charge in [-0.3, -0.25) is 0 Å². The molecule has 0 bridgehead atoms. The largest absolute Gasteiger partial charge is 0.325 e. The van der Waals surface area contributed by atoms with Gasteiger partial charge in [-0.2, -0.15) is 10.0 Å². The van der Waals surface area contributed by atoms with Crippen LogP contribution in [0.15, 0.2) is 43.5 Å². The Kier molecular flexibility index (Phi) is 6.34. The van der Waals surface area contributed by atoms with Gasteiger partial charge in [0.15, 0.2) is 0 Å². The molecule has 1 unspecified atom stereocenters. The summed E-state index contributed by atoms with van der Waals surface area (Å²) < 4.78 is 13.4. The minimum absolute atomic E-state index is 0.882. The Hall–Kier alpha value is 1.08. The maximum atomic E-state index is 9.32. The van der Waals surface area contributed by atoms with Crippen molar-refractivity contribution in [3.05, 3.63) is 38.7 Å². The molecule has 0 fully saturated rings. The Bertz CT molecular complexity index is 343. The Morgan fingerprint density at radius 2 is 2.07 bits per heavy atom. The van der Waals surface area contributed by atoms with Crippen molar-refractivity contribution in [2.24, 2.45) is 0 Å². The second-order valence-corrected chi connectivity index (χ2v) is 9.71. The highest BCUT2D eigenvalue weighted by Crippen LogP contribution is 2.63. The summed E-state index contributed by atoms with van der Waals surface area (Å²) >= 11 is 5.48. The van der Waals surface area contributed by atoms with Crippen LogP contribution in [-0.2, 0) is 0 Å². The van der Waals surface area contributed by atoms with Crippen LogP contribution in [0.5, 0.6) is 0 Å². The van der Waals surface area contributed by atoms with Crippen molar-refractivity contribution in [2.75, 3.05) is 10.0 Å². The van der Waals surface area contributed by atoms with Gasteiger partial charge in [-0.25, -0.2) is 0 Å². The van der Waals surface area contributed by atoms with Crippen molar-refractivity contribution in [3.8, 4) is 0 Å². The van der Waals surface area contributed by atoms with E-state index in [-0.39, 0.29) is 0 Å². The molecule has 5 heteroatoms. The van der Waals surface area contributed by atoms with Gasteiger partial charge in [0, 0.05) is 15.8 Å². The molecule has 1 N–H and O–H groups in total. The van der Waals surface area contributed by atoms with Gasteiger partial charge in [0.25, 0.3) is 0 Å². The Morgan fingerprint density at radius 3 is 2.47 bits per heavy atom. The second-order valence-electron chi connectivity index (χ2n) is 3.03. The second kappa shape index (κ2) is 6.73. The summed E-state index contributed by atoms with van der Waals surface area (Å²) in [4.78, 5) is 1.32. The zero-order valence-electron chi connectivity index (χ0n) is 8.19. The van der Waals surface area contributed by atoms with Crippen molar-refractivity contribution >= 4 is 67.3 Å². The maximum absolute atomic E-state index is 9.32. The first-order valence-electron chi connectivity index (χ1n) is 4.18. The fourth-order valence-corrected chi connectivity index (χ4v) is 8.48. The molecule has 0 amide bonds. The Morgan fingerprint density at radius 1 is 1.47 bits per heavy atom. The van der Waals surface area contributed by atoms with Crippen LogP contribution in [0.3, 0.4) is 0 Å². The molecule has 1 rings (SSSR count). The molecule has 1 aromatic rings. The van der Waals surface area contributed by atoms with Crippen molar-refractivity contribution in [2.45, 2.75) is 4.90 Å².